The quantitative estimate of drug-likeness (QED) is 0.817. The number of nitrogens with zero attached hydrogens (tertiary/aromatic N) is 1. The van der Waals surface area contributed by atoms with Crippen molar-refractivity contribution < 1.29 is 17.4 Å². The van der Waals surface area contributed by atoms with Gasteiger partial charge in [-0.05, 0) is 17.7 Å². The summed E-state index contributed by atoms with van der Waals surface area (Å²) in [6.07, 6.45) is 1.19. The molecule has 0 saturated heterocycles. The molecule has 1 aliphatic heterocycles. The van der Waals surface area contributed by atoms with E-state index in [1.165, 1.54) is 0 Å². The second-order valence-corrected chi connectivity index (χ2v) is 6.59. The number of ether oxygens (including phenoxy) is 1. The first-order chi connectivity index (χ1) is 10.5. The van der Waals surface area contributed by atoms with E-state index in [1.807, 2.05) is 54.6 Å². The van der Waals surface area contributed by atoms with E-state index in [2.05, 4.69) is 9.44 Å². The van der Waals surface area contributed by atoms with Crippen LogP contribution in [-0.2, 0) is 14.4 Å². The Hall–Kier alpha value is -2.34. The van der Waals surface area contributed by atoms with Crippen LogP contribution >= 0.6 is 0 Å². The summed E-state index contributed by atoms with van der Waals surface area (Å²) in [5.74, 6) is 0.665. The summed E-state index contributed by atoms with van der Waals surface area (Å²) in [5.41, 5.74) is 2.31. The van der Waals surface area contributed by atoms with Crippen molar-refractivity contribution in [3.05, 3.63) is 65.7 Å². The molecule has 2 aromatic rings. The number of rotatable bonds is 3. The lowest BCUT2D eigenvalue weighted by Crippen LogP contribution is -2.21. The first-order valence-electron chi connectivity index (χ1n) is 6.79. The predicted molar refractivity (Wildman–Crippen MR) is 83.3 cm³/mol. The van der Waals surface area contributed by atoms with Gasteiger partial charge in [-0.25, -0.2) is 0 Å². The monoisotopic (exact) mass is 317 g/mol. The van der Waals surface area contributed by atoms with E-state index in [-0.39, 0.29) is 6.10 Å². The molecular formula is C16H15NO4S. The molecule has 0 fully saturated rings. The Morgan fingerprint density at radius 3 is 2.50 bits per heavy atom. The molecule has 0 amide bonds. The highest BCUT2D eigenvalue weighted by atomic mass is 32.2. The topological polar surface area (TPSA) is 65.0 Å². The third kappa shape index (κ3) is 3.28. The molecule has 1 heterocycles. The van der Waals surface area contributed by atoms with Crippen LogP contribution in [0.3, 0.4) is 0 Å². The fourth-order valence-corrected chi connectivity index (χ4v) is 2.57. The number of hydrogen-bond acceptors (Lipinski definition) is 5. The highest BCUT2D eigenvalue weighted by Gasteiger charge is 2.26. The van der Waals surface area contributed by atoms with Crippen molar-refractivity contribution in [1.29, 1.82) is 0 Å². The zero-order valence-corrected chi connectivity index (χ0v) is 12.8. The van der Waals surface area contributed by atoms with Gasteiger partial charge in [-0.3, -0.25) is 4.28 Å². The van der Waals surface area contributed by atoms with Crippen LogP contribution in [0, 0.1) is 0 Å². The van der Waals surface area contributed by atoms with Gasteiger partial charge in [-0.2, -0.15) is 8.42 Å². The van der Waals surface area contributed by atoms with Gasteiger partial charge in [-0.1, -0.05) is 47.6 Å². The predicted octanol–water partition coefficient (Wildman–Crippen LogP) is 2.89. The molecule has 0 aromatic heterocycles. The van der Waals surface area contributed by atoms with Gasteiger partial charge >= 0.3 is 10.1 Å². The Balaban J connectivity index is 1.98. The minimum absolute atomic E-state index is 0.224. The second-order valence-electron chi connectivity index (χ2n) is 5.03. The summed E-state index contributed by atoms with van der Waals surface area (Å²) in [6.45, 7) is 0. The van der Waals surface area contributed by atoms with Gasteiger partial charge in [0.1, 0.15) is 11.9 Å². The van der Waals surface area contributed by atoms with E-state index < -0.39 is 10.1 Å². The number of benzene rings is 2. The van der Waals surface area contributed by atoms with E-state index in [0.717, 1.165) is 17.4 Å². The SMILES string of the molecule is CS(=O)(=O)O/N=C1\CC(c2ccccc2)Oc2ccccc21. The minimum atomic E-state index is -3.64. The van der Waals surface area contributed by atoms with Crippen LogP contribution < -0.4 is 4.74 Å². The standard InChI is InChI=1S/C16H15NO4S/c1-22(18,19)21-17-14-11-16(12-7-3-2-4-8-12)20-15-10-6-5-9-13(14)15/h2-10,16H,11H2,1H3/b17-14+. The van der Waals surface area contributed by atoms with Crippen LogP contribution in [-0.4, -0.2) is 20.4 Å². The summed E-state index contributed by atoms with van der Waals surface area (Å²) in [5, 5.41) is 3.82. The summed E-state index contributed by atoms with van der Waals surface area (Å²) < 4.78 is 33.0. The third-order valence-corrected chi connectivity index (χ3v) is 3.65. The average molecular weight is 317 g/mol. The molecule has 5 nitrogen and oxygen atoms in total. The van der Waals surface area contributed by atoms with Crippen molar-refractivity contribution in [2.75, 3.05) is 6.26 Å². The molecule has 1 atom stereocenters. The number of para-hydroxylation sites is 1. The van der Waals surface area contributed by atoms with Crippen LogP contribution in [0.25, 0.3) is 0 Å². The van der Waals surface area contributed by atoms with Crippen molar-refractivity contribution in [2.24, 2.45) is 5.16 Å². The van der Waals surface area contributed by atoms with Gasteiger partial charge in [-0.15, -0.1) is 0 Å². The summed E-state index contributed by atoms with van der Waals surface area (Å²) in [6, 6.07) is 17.1. The Bertz CT molecular complexity index is 800. The van der Waals surface area contributed by atoms with Gasteiger partial charge in [0.05, 0.1) is 12.0 Å². The van der Waals surface area contributed by atoms with Crippen molar-refractivity contribution in [3.8, 4) is 5.75 Å². The molecule has 0 bridgehead atoms. The van der Waals surface area contributed by atoms with Crippen molar-refractivity contribution in [3.63, 3.8) is 0 Å². The molecule has 0 saturated carbocycles. The average Bonchev–Trinajstić information content (AvgIpc) is 2.52. The van der Waals surface area contributed by atoms with E-state index in [4.69, 9.17) is 4.74 Å². The molecule has 0 aliphatic carbocycles. The van der Waals surface area contributed by atoms with E-state index >= 15 is 0 Å². The maximum absolute atomic E-state index is 11.2. The van der Waals surface area contributed by atoms with Crippen molar-refractivity contribution in [1.82, 2.24) is 0 Å². The fourth-order valence-electron chi connectivity index (χ4n) is 2.34. The summed E-state index contributed by atoms with van der Waals surface area (Å²) >= 11 is 0. The van der Waals surface area contributed by atoms with Crippen LogP contribution in [0.1, 0.15) is 23.7 Å². The van der Waals surface area contributed by atoms with Crippen molar-refractivity contribution >= 4 is 15.8 Å². The molecule has 0 N–H and O–H groups in total. The van der Waals surface area contributed by atoms with Gasteiger partial charge in [0.2, 0.25) is 0 Å². The van der Waals surface area contributed by atoms with Crippen LogP contribution in [0.15, 0.2) is 59.8 Å². The third-order valence-electron chi connectivity index (χ3n) is 3.30. The van der Waals surface area contributed by atoms with Crippen LogP contribution in [0.4, 0.5) is 0 Å². The molecule has 1 aliphatic rings. The summed E-state index contributed by atoms with van der Waals surface area (Å²) in [7, 11) is -3.64. The molecule has 6 heteroatoms. The van der Waals surface area contributed by atoms with E-state index in [9.17, 15) is 8.42 Å². The zero-order chi connectivity index (χ0) is 15.6. The van der Waals surface area contributed by atoms with Crippen LogP contribution in [0.2, 0.25) is 0 Å². The fraction of sp³-hybridized carbons (Fsp3) is 0.188. The molecule has 1 unspecified atom stereocenters. The molecule has 2 aromatic carbocycles. The molecule has 3 rings (SSSR count). The zero-order valence-electron chi connectivity index (χ0n) is 12.0. The minimum Gasteiger partial charge on any atom is -0.485 e. The first kappa shape index (κ1) is 14.6. The largest absolute Gasteiger partial charge is 0.485 e. The van der Waals surface area contributed by atoms with Crippen molar-refractivity contribution in [2.45, 2.75) is 12.5 Å². The Kier molecular flexibility index (Phi) is 3.85. The normalized spacial score (nSPS) is 19.3. The molecule has 114 valence electrons. The molecular weight excluding hydrogens is 302 g/mol. The highest BCUT2D eigenvalue weighted by Crippen LogP contribution is 2.35. The lowest BCUT2D eigenvalue weighted by atomic mass is 9.96. The lowest BCUT2D eigenvalue weighted by Gasteiger charge is -2.27. The number of oxime groups is 1. The first-order valence-corrected chi connectivity index (χ1v) is 8.61. The Morgan fingerprint density at radius 2 is 1.77 bits per heavy atom. The van der Waals surface area contributed by atoms with Gasteiger partial charge in [0.15, 0.2) is 0 Å². The molecule has 22 heavy (non-hydrogen) atoms. The second kappa shape index (κ2) is 5.81. The molecule has 0 spiro atoms. The van der Waals surface area contributed by atoms with Gasteiger partial charge in [0, 0.05) is 12.0 Å². The summed E-state index contributed by atoms with van der Waals surface area (Å²) in [4.78, 5) is 0. The number of hydrogen-bond donors (Lipinski definition) is 0. The highest BCUT2D eigenvalue weighted by molar-refractivity contribution is 7.85. The Morgan fingerprint density at radius 1 is 1.09 bits per heavy atom. The van der Waals surface area contributed by atoms with Gasteiger partial charge in [0.25, 0.3) is 0 Å². The van der Waals surface area contributed by atoms with E-state index in [1.54, 1.807) is 0 Å². The van der Waals surface area contributed by atoms with Gasteiger partial charge < -0.3 is 4.74 Å². The number of fused-ring (bicyclic) bond motifs is 1. The van der Waals surface area contributed by atoms with Crippen LogP contribution in [0.5, 0.6) is 5.75 Å². The molecule has 0 radical (unpaired) electrons. The Labute approximate surface area is 129 Å². The maximum Gasteiger partial charge on any atom is 0.325 e. The smallest absolute Gasteiger partial charge is 0.325 e. The van der Waals surface area contributed by atoms with E-state index in [0.29, 0.717) is 17.9 Å². The lowest BCUT2D eigenvalue weighted by molar-refractivity contribution is 0.204. The maximum atomic E-state index is 11.2.